The number of phenols is 1. The van der Waals surface area contributed by atoms with Gasteiger partial charge in [0.2, 0.25) is 0 Å². The van der Waals surface area contributed by atoms with Gasteiger partial charge in [-0.1, -0.05) is 27.5 Å². The van der Waals surface area contributed by atoms with Crippen LogP contribution in [0.25, 0.3) is 0 Å². The molecule has 9 heavy (non-hydrogen) atoms. The molecule has 1 aromatic rings. The zero-order chi connectivity index (χ0) is 6.85. The Hall–Kier alpha value is -0.210. The molecule has 0 saturated carbocycles. The Kier molecular flexibility index (Phi) is 1.98. The maximum atomic E-state index is 8.86. The predicted octanol–water partition coefficient (Wildman–Crippen LogP) is 2.61. The number of halogens is 2. The van der Waals surface area contributed by atoms with Crippen LogP contribution < -0.4 is 0 Å². The lowest BCUT2D eigenvalue weighted by Crippen LogP contribution is -1.67. The van der Waals surface area contributed by atoms with Gasteiger partial charge in [0.15, 0.2) is 0 Å². The SMILES string of the molecule is Oc1c[c]c(Br)cc1Cl. The first-order valence-electron chi connectivity index (χ1n) is 2.26. The highest BCUT2D eigenvalue weighted by molar-refractivity contribution is 9.10. The molecule has 0 atom stereocenters. The Balaban J connectivity index is 3.17. The Morgan fingerprint density at radius 1 is 1.67 bits per heavy atom. The molecule has 0 spiro atoms. The number of hydrogen-bond donors (Lipinski definition) is 1. The number of hydrogen-bond acceptors (Lipinski definition) is 1. The Morgan fingerprint density at radius 3 is 2.78 bits per heavy atom. The molecular formula is C6H3BrClO. The van der Waals surface area contributed by atoms with Gasteiger partial charge >= 0.3 is 0 Å². The van der Waals surface area contributed by atoms with E-state index >= 15 is 0 Å². The van der Waals surface area contributed by atoms with Crippen molar-refractivity contribution in [2.45, 2.75) is 0 Å². The Morgan fingerprint density at radius 2 is 2.33 bits per heavy atom. The van der Waals surface area contributed by atoms with Crippen molar-refractivity contribution >= 4 is 27.5 Å². The Bertz CT molecular complexity index is 224. The van der Waals surface area contributed by atoms with Crippen LogP contribution >= 0.6 is 27.5 Å². The van der Waals surface area contributed by atoms with Crippen LogP contribution in [0.1, 0.15) is 0 Å². The fourth-order valence-electron chi connectivity index (χ4n) is 0.433. The van der Waals surface area contributed by atoms with E-state index in [0.29, 0.717) is 5.02 Å². The normalized spacial score (nSPS) is 9.56. The standard InChI is InChI=1S/C6H3BrClO/c7-4-1-2-6(9)5(8)3-4/h2-3,9H. The van der Waals surface area contributed by atoms with Crippen LogP contribution in [0.15, 0.2) is 16.6 Å². The minimum absolute atomic E-state index is 0.0554. The molecule has 0 heterocycles. The second-order valence-corrected chi connectivity index (χ2v) is 2.78. The smallest absolute Gasteiger partial charge is 0.134 e. The second-order valence-electron chi connectivity index (χ2n) is 1.51. The second kappa shape index (κ2) is 2.58. The fourth-order valence-corrected chi connectivity index (χ4v) is 1.07. The van der Waals surface area contributed by atoms with E-state index in [1.54, 1.807) is 6.07 Å². The van der Waals surface area contributed by atoms with Crippen LogP contribution in [0.3, 0.4) is 0 Å². The van der Waals surface area contributed by atoms with Crippen molar-refractivity contribution in [3.05, 3.63) is 27.7 Å². The summed E-state index contributed by atoms with van der Waals surface area (Å²) in [5.74, 6) is 0.0554. The van der Waals surface area contributed by atoms with Crippen molar-refractivity contribution in [2.75, 3.05) is 0 Å². The molecule has 1 N–H and O–H groups in total. The molecule has 0 saturated heterocycles. The highest BCUT2D eigenvalue weighted by Crippen LogP contribution is 2.25. The topological polar surface area (TPSA) is 20.2 Å². The summed E-state index contributed by atoms with van der Waals surface area (Å²) in [6.07, 6.45) is 0. The lowest BCUT2D eigenvalue weighted by atomic mass is 10.3. The molecule has 47 valence electrons. The summed E-state index contributed by atoms with van der Waals surface area (Å²) in [7, 11) is 0. The first kappa shape index (κ1) is 6.90. The van der Waals surface area contributed by atoms with Crippen molar-refractivity contribution in [1.29, 1.82) is 0 Å². The zero-order valence-electron chi connectivity index (χ0n) is 4.36. The molecule has 0 aliphatic heterocycles. The summed E-state index contributed by atoms with van der Waals surface area (Å²) in [6.45, 7) is 0. The molecule has 1 aromatic carbocycles. The first-order chi connectivity index (χ1) is 4.20. The van der Waals surface area contributed by atoms with Crippen LogP contribution in [0, 0.1) is 6.07 Å². The minimum atomic E-state index is 0.0554. The molecule has 0 fully saturated rings. The van der Waals surface area contributed by atoms with Crippen LogP contribution in [-0.2, 0) is 0 Å². The molecule has 0 amide bonds. The molecule has 0 aliphatic carbocycles. The lowest BCUT2D eigenvalue weighted by Gasteiger charge is -1.93. The average molecular weight is 206 g/mol. The van der Waals surface area contributed by atoms with Crippen LogP contribution in [0.2, 0.25) is 5.02 Å². The first-order valence-corrected chi connectivity index (χ1v) is 3.43. The zero-order valence-corrected chi connectivity index (χ0v) is 6.70. The van der Waals surface area contributed by atoms with Crippen LogP contribution in [0.5, 0.6) is 5.75 Å². The van der Waals surface area contributed by atoms with E-state index in [0.717, 1.165) is 4.47 Å². The molecule has 3 heteroatoms. The average Bonchev–Trinajstić information content (AvgIpc) is 1.80. The Labute approximate surface area is 66.4 Å². The van der Waals surface area contributed by atoms with Gasteiger partial charge in [0.1, 0.15) is 5.75 Å². The number of benzene rings is 1. The van der Waals surface area contributed by atoms with Gasteiger partial charge in [0.05, 0.1) is 5.02 Å². The lowest BCUT2D eigenvalue weighted by molar-refractivity contribution is 0.475. The van der Waals surface area contributed by atoms with E-state index in [1.165, 1.54) is 6.07 Å². The fraction of sp³-hybridized carbons (Fsp3) is 0. The third kappa shape index (κ3) is 1.60. The van der Waals surface area contributed by atoms with Gasteiger partial charge in [-0.15, -0.1) is 0 Å². The van der Waals surface area contributed by atoms with Gasteiger partial charge < -0.3 is 5.11 Å². The van der Waals surface area contributed by atoms with Crippen molar-refractivity contribution in [3.63, 3.8) is 0 Å². The molecule has 1 rings (SSSR count). The molecule has 1 radical (unpaired) electrons. The molecule has 0 aromatic heterocycles. The molecule has 0 bridgehead atoms. The van der Waals surface area contributed by atoms with Gasteiger partial charge in [-0.2, -0.15) is 0 Å². The maximum absolute atomic E-state index is 8.86. The monoisotopic (exact) mass is 205 g/mol. The molecule has 0 unspecified atom stereocenters. The highest BCUT2D eigenvalue weighted by Gasteiger charge is 1.95. The summed E-state index contributed by atoms with van der Waals surface area (Å²) in [5.41, 5.74) is 0. The minimum Gasteiger partial charge on any atom is -0.506 e. The van der Waals surface area contributed by atoms with Crippen molar-refractivity contribution in [1.82, 2.24) is 0 Å². The number of aromatic hydroxyl groups is 1. The quantitative estimate of drug-likeness (QED) is 0.692. The van der Waals surface area contributed by atoms with Crippen LogP contribution in [-0.4, -0.2) is 5.11 Å². The van der Waals surface area contributed by atoms with Crippen molar-refractivity contribution in [3.8, 4) is 5.75 Å². The van der Waals surface area contributed by atoms with E-state index < -0.39 is 0 Å². The van der Waals surface area contributed by atoms with Gasteiger partial charge in [-0.3, -0.25) is 0 Å². The third-order valence-corrected chi connectivity index (χ3v) is 1.61. The summed E-state index contributed by atoms with van der Waals surface area (Å²) >= 11 is 8.66. The maximum Gasteiger partial charge on any atom is 0.134 e. The van der Waals surface area contributed by atoms with Crippen molar-refractivity contribution in [2.24, 2.45) is 0 Å². The van der Waals surface area contributed by atoms with E-state index in [9.17, 15) is 0 Å². The predicted molar refractivity (Wildman–Crippen MR) is 39.7 cm³/mol. The number of phenolic OH excluding ortho intramolecular Hbond substituents is 1. The van der Waals surface area contributed by atoms with Gasteiger partial charge in [-0.25, -0.2) is 0 Å². The van der Waals surface area contributed by atoms with E-state index in [-0.39, 0.29) is 5.75 Å². The summed E-state index contributed by atoms with van der Waals surface area (Å²) < 4.78 is 0.741. The third-order valence-electron chi connectivity index (χ3n) is 0.845. The van der Waals surface area contributed by atoms with Gasteiger partial charge in [0.25, 0.3) is 0 Å². The van der Waals surface area contributed by atoms with E-state index in [1.807, 2.05) is 0 Å². The molecule has 0 aliphatic rings. The van der Waals surface area contributed by atoms with Gasteiger partial charge in [-0.05, 0) is 12.1 Å². The van der Waals surface area contributed by atoms with Gasteiger partial charge in [0, 0.05) is 10.5 Å². The van der Waals surface area contributed by atoms with E-state index in [2.05, 4.69) is 22.0 Å². The summed E-state index contributed by atoms with van der Waals surface area (Å²) in [4.78, 5) is 0. The largest absolute Gasteiger partial charge is 0.506 e. The highest BCUT2D eigenvalue weighted by atomic mass is 79.9. The molecular weight excluding hydrogens is 203 g/mol. The molecule has 1 nitrogen and oxygen atoms in total. The summed E-state index contributed by atoms with van der Waals surface area (Å²) in [5, 5.41) is 9.19. The van der Waals surface area contributed by atoms with Crippen molar-refractivity contribution < 1.29 is 5.11 Å². The van der Waals surface area contributed by atoms with E-state index in [4.69, 9.17) is 16.7 Å². The number of rotatable bonds is 0. The summed E-state index contributed by atoms with van der Waals surface area (Å²) in [6, 6.07) is 5.71. The van der Waals surface area contributed by atoms with Crippen LogP contribution in [0.4, 0.5) is 0 Å².